The van der Waals surface area contributed by atoms with Crippen LogP contribution in [0.3, 0.4) is 0 Å². The largest absolute Gasteiger partial charge is 0.492 e. The van der Waals surface area contributed by atoms with E-state index in [-0.39, 0.29) is 5.41 Å². The maximum atomic E-state index is 11.0. The van der Waals surface area contributed by atoms with Crippen molar-refractivity contribution < 1.29 is 14.6 Å². The first-order valence-electron chi connectivity index (χ1n) is 7.00. The van der Waals surface area contributed by atoms with Gasteiger partial charge in [0.05, 0.1) is 12.2 Å². The van der Waals surface area contributed by atoms with Gasteiger partial charge in [0, 0.05) is 11.0 Å². The maximum Gasteiger partial charge on any atom is 0.335 e. The molecule has 0 spiro atoms. The Morgan fingerprint density at radius 1 is 1.19 bits per heavy atom. The van der Waals surface area contributed by atoms with Crippen molar-refractivity contribution in [2.75, 3.05) is 6.61 Å². The van der Waals surface area contributed by atoms with Crippen LogP contribution in [0.4, 0.5) is 0 Å². The highest BCUT2D eigenvalue weighted by Gasteiger charge is 2.31. The lowest BCUT2D eigenvalue weighted by atomic mass is 9.85. The predicted molar refractivity (Wildman–Crippen MR) is 82.1 cm³/mol. The second-order valence-corrected chi connectivity index (χ2v) is 6.22. The molecule has 1 N–H and O–H groups in total. The number of carboxylic acid groups (broad SMARTS) is 1. The van der Waals surface area contributed by atoms with Gasteiger partial charge >= 0.3 is 5.97 Å². The van der Waals surface area contributed by atoms with E-state index in [1.54, 1.807) is 12.1 Å². The second kappa shape index (κ2) is 4.62. The summed E-state index contributed by atoms with van der Waals surface area (Å²) in [6, 6.07) is 11.4. The molecule has 1 heterocycles. The summed E-state index contributed by atoms with van der Waals surface area (Å²) in [4.78, 5) is 11.0. The normalized spacial score (nSPS) is 15.4. The van der Waals surface area contributed by atoms with E-state index in [1.165, 1.54) is 5.56 Å². The molecule has 0 amide bonds. The second-order valence-electron chi connectivity index (χ2n) is 6.22. The van der Waals surface area contributed by atoms with Gasteiger partial charge < -0.3 is 9.84 Å². The average Bonchev–Trinajstić information content (AvgIpc) is 2.74. The van der Waals surface area contributed by atoms with Gasteiger partial charge in [-0.2, -0.15) is 0 Å². The number of fused-ring (bicyclic) bond motifs is 1. The molecule has 3 heteroatoms. The van der Waals surface area contributed by atoms with Crippen LogP contribution < -0.4 is 4.74 Å². The molecule has 1 aliphatic heterocycles. The third-order valence-electron chi connectivity index (χ3n) is 4.08. The number of rotatable bonds is 2. The van der Waals surface area contributed by atoms with E-state index < -0.39 is 5.97 Å². The van der Waals surface area contributed by atoms with Crippen LogP contribution in [0.2, 0.25) is 0 Å². The van der Waals surface area contributed by atoms with Crippen LogP contribution in [0, 0.1) is 6.92 Å². The molecule has 0 radical (unpaired) electrons. The number of aromatic carboxylic acids is 1. The fraction of sp³-hybridized carbons (Fsp3) is 0.278. The van der Waals surface area contributed by atoms with Gasteiger partial charge in [-0.25, -0.2) is 4.79 Å². The topological polar surface area (TPSA) is 46.5 Å². The van der Waals surface area contributed by atoms with E-state index >= 15 is 0 Å². The number of carboxylic acids is 1. The molecule has 0 aliphatic carbocycles. The molecule has 0 aromatic heterocycles. The smallest absolute Gasteiger partial charge is 0.335 e. The zero-order chi connectivity index (χ0) is 15.2. The Morgan fingerprint density at radius 2 is 1.95 bits per heavy atom. The first kappa shape index (κ1) is 13.7. The Balaban J connectivity index is 2.08. The summed E-state index contributed by atoms with van der Waals surface area (Å²) < 4.78 is 5.71. The molecule has 0 saturated heterocycles. The van der Waals surface area contributed by atoms with Gasteiger partial charge in [0.2, 0.25) is 0 Å². The SMILES string of the molecule is Cc1cc(C(=O)O)ccc1-c1ccc2c(c1)C(C)(C)CO2. The van der Waals surface area contributed by atoms with Crippen molar-refractivity contribution in [2.24, 2.45) is 0 Å². The van der Waals surface area contributed by atoms with Crippen LogP contribution in [-0.4, -0.2) is 17.7 Å². The fourth-order valence-electron chi connectivity index (χ4n) is 2.81. The monoisotopic (exact) mass is 282 g/mol. The van der Waals surface area contributed by atoms with Crippen molar-refractivity contribution >= 4 is 5.97 Å². The van der Waals surface area contributed by atoms with E-state index in [9.17, 15) is 4.79 Å². The van der Waals surface area contributed by atoms with Gasteiger partial charge in [-0.3, -0.25) is 0 Å². The molecule has 0 unspecified atom stereocenters. The number of aryl methyl sites for hydroxylation is 1. The molecule has 0 fully saturated rings. The molecule has 21 heavy (non-hydrogen) atoms. The molecule has 2 aromatic carbocycles. The third kappa shape index (κ3) is 2.29. The van der Waals surface area contributed by atoms with Crippen LogP contribution in [0.5, 0.6) is 5.75 Å². The lowest BCUT2D eigenvalue weighted by Gasteiger charge is -2.16. The first-order chi connectivity index (χ1) is 9.88. The van der Waals surface area contributed by atoms with Gasteiger partial charge in [0.15, 0.2) is 0 Å². The van der Waals surface area contributed by atoms with E-state index in [1.807, 2.05) is 25.1 Å². The standard InChI is InChI=1S/C18H18O3/c1-11-8-13(17(19)20)4-6-14(11)12-5-7-16-15(9-12)18(2,3)10-21-16/h4-9H,10H2,1-3H3,(H,19,20). The summed E-state index contributed by atoms with van der Waals surface area (Å²) in [6.07, 6.45) is 0. The quantitative estimate of drug-likeness (QED) is 0.904. The minimum atomic E-state index is -0.895. The molecule has 0 bridgehead atoms. The van der Waals surface area contributed by atoms with Gasteiger partial charge in [0.1, 0.15) is 5.75 Å². The third-order valence-corrected chi connectivity index (χ3v) is 4.08. The zero-order valence-corrected chi connectivity index (χ0v) is 12.4. The average molecular weight is 282 g/mol. The summed E-state index contributed by atoms with van der Waals surface area (Å²) in [7, 11) is 0. The Hall–Kier alpha value is -2.29. The van der Waals surface area contributed by atoms with Crippen LogP contribution in [0.25, 0.3) is 11.1 Å². The van der Waals surface area contributed by atoms with E-state index in [0.717, 1.165) is 22.4 Å². The number of hydrogen-bond acceptors (Lipinski definition) is 2. The Morgan fingerprint density at radius 3 is 2.62 bits per heavy atom. The number of hydrogen-bond donors (Lipinski definition) is 1. The number of carbonyl (C=O) groups is 1. The predicted octanol–water partition coefficient (Wildman–Crippen LogP) is 4.03. The van der Waals surface area contributed by atoms with Crippen LogP contribution in [-0.2, 0) is 5.41 Å². The Labute approximate surface area is 124 Å². The lowest BCUT2D eigenvalue weighted by molar-refractivity contribution is 0.0697. The first-order valence-corrected chi connectivity index (χ1v) is 7.00. The highest BCUT2D eigenvalue weighted by atomic mass is 16.5. The number of ether oxygens (including phenoxy) is 1. The van der Waals surface area contributed by atoms with Crippen molar-refractivity contribution in [1.82, 2.24) is 0 Å². The zero-order valence-electron chi connectivity index (χ0n) is 12.4. The van der Waals surface area contributed by atoms with Crippen molar-refractivity contribution in [1.29, 1.82) is 0 Å². The summed E-state index contributed by atoms with van der Waals surface area (Å²) in [5.74, 6) is 0.0525. The van der Waals surface area contributed by atoms with Gasteiger partial charge in [-0.15, -0.1) is 0 Å². The highest BCUT2D eigenvalue weighted by molar-refractivity contribution is 5.89. The summed E-state index contributed by atoms with van der Waals surface area (Å²) >= 11 is 0. The molecule has 3 nitrogen and oxygen atoms in total. The van der Waals surface area contributed by atoms with E-state index in [0.29, 0.717) is 12.2 Å². The molecular formula is C18H18O3. The number of benzene rings is 2. The summed E-state index contributed by atoms with van der Waals surface area (Å²) in [6.45, 7) is 6.98. The van der Waals surface area contributed by atoms with Crippen LogP contribution in [0.1, 0.15) is 35.3 Å². The van der Waals surface area contributed by atoms with Crippen LogP contribution in [0.15, 0.2) is 36.4 Å². The molecule has 3 rings (SSSR count). The molecule has 1 aliphatic rings. The highest BCUT2D eigenvalue weighted by Crippen LogP contribution is 2.40. The fourth-order valence-corrected chi connectivity index (χ4v) is 2.81. The summed E-state index contributed by atoms with van der Waals surface area (Å²) in [5.41, 5.74) is 4.67. The van der Waals surface area contributed by atoms with Crippen LogP contribution >= 0.6 is 0 Å². The minimum Gasteiger partial charge on any atom is -0.492 e. The minimum absolute atomic E-state index is 0.0141. The van der Waals surface area contributed by atoms with Gasteiger partial charge in [-0.1, -0.05) is 26.0 Å². The molecule has 0 saturated carbocycles. The Kier molecular flexibility index (Phi) is 3.01. The maximum absolute atomic E-state index is 11.0. The van der Waals surface area contributed by atoms with Crippen molar-refractivity contribution in [3.05, 3.63) is 53.1 Å². The van der Waals surface area contributed by atoms with E-state index in [2.05, 4.69) is 19.9 Å². The van der Waals surface area contributed by atoms with Crippen molar-refractivity contribution in [3.8, 4) is 16.9 Å². The molecule has 2 aromatic rings. The van der Waals surface area contributed by atoms with E-state index in [4.69, 9.17) is 9.84 Å². The molecular weight excluding hydrogens is 264 g/mol. The lowest BCUT2D eigenvalue weighted by Crippen LogP contribution is -2.18. The Bertz CT molecular complexity index is 729. The summed E-state index contributed by atoms with van der Waals surface area (Å²) in [5, 5.41) is 9.05. The van der Waals surface area contributed by atoms with Crippen molar-refractivity contribution in [3.63, 3.8) is 0 Å². The van der Waals surface area contributed by atoms with Gasteiger partial charge in [-0.05, 0) is 47.9 Å². The molecule has 0 atom stereocenters. The van der Waals surface area contributed by atoms with Crippen molar-refractivity contribution in [2.45, 2.75) is 26.2 Å². The van der Waals surface area contributed by atoms with Gasteiger partial charge in [0.25, 0.3) is 0 Å². The molecule has 108 valence electrons.